The van der Waals surface area contributed by atoms with E-state index in [4.69, 9.17) is 4.98 Å². The third-order valence-corrected chi connectivity index (χ3v) is 11.9. The number of aryl methyl sites for hydroxylation is 3. The maximum absolute atomic E-state index is 13.9. The van der Waals surface area contributed by atoms with Crippen molar-refractivity contribution in [3.8, 4) is 0 Å². The first-order chi connectivity index (χ1) is 21.0. The van der Waals surface area contributed by atoms with E-state index < -0.39 is 39.1 Å². The molecule has 9 nitrogen and oxygen atoms in total. The van der Waals surface area contributed by atoms with Crippen LogP contribution >= 0.6 is 11.3 Å². The molecule has 242 valence electrons. The average molecular weight is 664 g/mol. The number of hydrogen-bond donors (Lipinski definition) is 1. The lowest BCUT2D eigenvalue weighted by molar-refractivity contribution is -0.147. The Morgan fingerprint density at radius 1 is 1.16 bits per heavy atom. The summed E-state index contributed by atoms with van der Waals surface area (Å²) in [5, 5.41) is 19.4. The Hall–Kier alpha value is -3.36. The monoisotopic (exact) mass is 663 g/mol. The summed E-state index contributed by atoms with van der Waals surface area (Å²) in [5.74, 6) is -1.85. The lowest BCUT2D eigenvalue weighted by atomic mass is 9.74. The third-order valence-electron chi connectivity index (χ3n) is 8.91. The molecule has 0 aliphatic carbocycles. The summed E-state index contributed by atoms with van der Waals surface area (Å²) >= 11 is 1.29. The molecule has 45 heavy (non-hydrogen) atoms. The van der Waals surface area contributed by atoms with Gasteiger partial charge in [0.1, 0.15) is 10.5 Å². The topological polar surface area (TPSA) is 118 Å². The molecular formula is C31H36F3N5O4S2. The smallest absolute Gasteiger partial charge is 0.416 e. The predicted octanol–water partition coefficient (Wildman–Crippen LogP) is 6.56. The highest BCUT2D eigenvalue weighted by Crippen LogP contribution is 2.46. The molecule has 2 atom stereocenters. The second kappa shape index (κ2) is 11.8. The van der Waals surface area contributed by atoms with Crippen molar-refractivity contribution in [1.82, 2.24) is 24.3 Å². The number of nitrogens with zero attached hydrogens (tertiary/aromatic N) is 5. The van der Waals surface area contributed by atoms with Crippen molar-refractivity contribution in [2.24, 2.45) is 11.3 Å². The minimum absolute atomic E-state index is 0.110. The first-order valence-electron chi connectivity index (χ1n) is 14.7. The van der Waals surface area contributed by atoms with Gasteiger partial charge < -0.3 is 5.11 Å². The van der Waals surface area contributed by atoms with E-state index in [9.17, 15) is 31.5 Å². The lowest BCUT2D eigenvalue weighted by Gasteiger charge is -2.30. The van der Waals surface area contributed by atoms with Gasteiger partial charge in [0, 0.05) is 18.0 Å². The second-order valence-corrected chi connectivity index (χ2v) is 15.3. The molecule has 0 saturated heterocycles. The quantitative estimate of drug-likeness (QED) is 0.227. The largest absolute Gasteiger partial charge is 0.481 e. The van der Waals surface area contributed by atoms with Gasteiger partial charge in [0.2, 0.25) is 10.0 Å². The van der Waals surface area contributed by atoms with E-state index in [1.807, 2.05) is 32.9 Å². The van der Waals surface area contributed by atoms with Crippen LogP contribution in [-0.4, -0.2) is 50.3 Å². The van der Waals surface area contributed by atoms with E-state index >= 15 is 0 Å². The van der Waals surface area contributed by atoms with Crippen molar-refractivity contribution in [3.63, 3.8) is 0 Å². The Labute approximate surface area is 264 Å². The Morgan fingerprint density at radius 3 is 2.49 bits per heavy atom. The van der Waals surface area contributed by atoms with Crippen LogP contribution in [0.5, 0.6) is 0 Å². The SMILES string of the molecule is CC[C@H]1Cc2ccc(C(F)(F)F)cc2S(=O)(=O)N(Cc2nc([C@@H](c3ccc4c(nnn4CC)c3C)C(C)(C)C(=O)O)sc2C)C1. The minimum atomic E-state index is -4.69. The highest BCUT2D eigenvalue weighted by molar-refractivity contribution is 7.89. The normalized spacial score (nSPS) is 18.1. The summed E-state index contributed by atoms with van der Waals surface area (Å²) in [6, 6.07) is 6.67. The molecule has 0 radical (unpaired) electrons. The van der Waals surface area contributed by atoms with Gasteiger partial charge in [-0.25, -0.2) is 18.1 Å². The number of benzene rings is 2. The molecule has 0 amide bonds. The number of rotatable bonds is 8. The molecule has 4 aromatic rings. The van der Waals surface area contributed by atoms with E-state index in [1.54, 1.807) is 25.5 Å². The number of alkyl halides is 3. The molecule has 1 aliphatic heterocycles. The summed E-state index contributed by atoms with van der Waals surface area (Å²) < 4.78 is 71.6. The zero-order valence-corrected chi connectivity index (χ0v) is 27.6. The lowest BCUT2D eigenvalue weighted by Crippen LogP contribution is -2.34. The van der Waals surface area contributed by atoms with E-state index in [0.717, 1.165) is 28.8 Å². The highest BCUT2D eigenvalue weighted by atomic mass is 32.2. The number of carbonyl (C=O) groups is 1. The molecule has 0 fully saturated rings. The van der Waals surface area contributed by atoms with Crippen LogP contribution in [0.3, 0.4) is 0 Å². The van der Waals surface area contributed by atoms with Gasteiger partial charge in [-0.1, -0.05) is 30.7 Å². The van der Waals surface area contributed by atoms with Crippen LogP contribution in [0.4, 0.5) is 13.2 Å². The number of hydrogen-bond acceptors (Lipinski definition) is 7. The summed E-state index contributed by atoms with van der Waals surface area (Å²) in [5.41, 5.74) is 1.46. The summed E-state index contributed by atoms with van der Waals surface area (Å²) in [4.78, 5) is 17.8. The number of carboxylic acid groups (broad SMARTS) is 1. The molecule has 0 saturated carbocycles. The van der Waals surface area contributed by atoms with Crippen LogP contribution < -0.4 is 0 Å². The van der Waals surface area contributed by atoms with Crippen molar-refractivity contribution in [3.05, 3.63) is 68.2 Å². The van der Waals surface area contributed by atoms with E-state index in [-0.39, 0.29) is 23.9 Å². The number of aliphatic carboxylic acids is 1. The van der Waals surface area contributed by atoms with E-state index in [0.29, 0.717) is 46.0 Å². The number of halogens is 3. The highest BCUT2D eigenvalue weighted by Gasteiger charge is 2.43. The Kier molecular flexibility index (Phi) is 8.64. The molecule has 5 rings (SSSR count). The Morgan fingerprint density at radius 2 is 1.87 bits per heavy atom. The van der Waals surface area contributed by atoms with Gasteiger partial charge >= 0.3 is 12.1 Å². The standard InChI is InChI=1S/C31H36F3N5O4S2/c1-7-19-13-20-9-10-21(31(32,33)34)14-25(20)45(42,43)38(15-19)16-23-18(4)44-28(35-23)26(30(5,6)29(40)41)22-11-12-24-27(17(22)3)36-37-39(24)8-2/h9-12,14,19,26H,7-8,13,15-16H2,1-6H3,(H,40,41)/t19-,26+/m0/s1. The maximum atomic E-state index is 13.9. The van der Waals surface area contributed by atoms with Crippen LogP contribution in [0, 0.1) is 25.2 Å². The fraction of sp³-hybridized carbons (Fsp3) is 0.484. The number of thiazole rings is 1. The number of aromatic nitrogens is 4. The van der Waals surface area contributed by atoms with Crippen molar-refractivity contribution < 1.29 is 31.5 Å². The van der Waals surface area contributed by atoms with Gasteiger partial charge in [-0.15, -0.1) is 16.4 Å². The van der Waals surface area contributed by atoms with Crippen molar-refractivity contribution >= 4 is 38.4 Å². The minimum Gasteiger partial charge on any atom is -0.481 e. The Balaban J connectivity index is 1.59. The van der Waals surface area contributed by atoms with Crippen molar-refractivity contribution in [1.29, 1.82) is 0 Å². The molecular weight excluding hydrogens is 628 g/mol. The first kappa shape index (κ1) is 33.0. The van der Waals surface area contributed by atoms with Crippen LogP contribution in [0.2, 0.25) is 0 Å². The summed E-state index contributed by atoms with van der Waals surface area (Å²) in [6.07, 6.45) is -3.72. The molecule has 0 bridgehead atoms. The predicted molar refractivity (Wildman–Crippen MR) is 165 cm³/mol. The molecule has 0 spiro atoms. The molecule has 2 aromatic carbocycles. The molecule has 2 aromatic heterocycles. The van der Waals surface area contributed by atoms with Crippen LogP contribution in [0.1, 0.15) is 77.9 Å². The van der Waals surface area contributed by atoms with Gasteiger partial charge in [0.25, 0.3) is 0 Å². The third kappa shape index (κ3) is 5.87. The second-order valence-electron chi connectivity index (χ2n) is 12.2. The van der Waals surface area contributed by atoms with Gasteiger partial charge in [0.15, 0.2) is 0 Å². The summed E-state index contributed by atoms with van der Waals surface area (Å²) in [6.45, 7) is 11.4. The molecule has 3 heterocycles. The van der Waals surface area contributed by atoms with Gasteiger partial charge in [-0.2, -0.15) is 17.5 Å². The van der Waals surface area contributed by atoms with Crippen molar-refractivity contribution in [2.45, 2.75) is 84.5 Å². The van der Waals surface area contributed by atoms with Gasteiger partial charge in [-0.05, 0) is 81.8 Å². The summed E-state index contributed by atoms with van der Waals surface area (Å²) in [7, 11) is -4.31. The number of carboxylic acids is 1. The van der Waals surface area contributed by atoms with Gasteiger partial charge in [-0.3, -0.25) is 4.79 Å². The maximum Gasteiger partial charge on any atom is 0.416 e. The fourth-order valence-corrected chi connectivity index (χ4v) is 9.01. The van der Waals surface area contributed by atoms with Crippen molar-refractivity contribution in [2.75, 3.05) is 6.54 Å². The molecule has 0 unspecified atom stereocenters. The van der Waals surface area contributed by atoms with Crippen LogP contribution in [0.25, 0.3) is 11.0 Å². The average Bonchev–Trinajstić information content (AvgIpc) is 3.52. The molecule has 1 N–H and O–H groups in total. The first-order valence-corrected chi connectivity index (χ1v) is 17.0. The molecule has 14 heteroatoms. The zero-order chi connectivity index (χ0) is 33.1. The number of fused-ring (bicyclic) bond motifs is 2. The number of sulfonamides is 1. The van der Waals surface area contributed by atoms with E-state index in [2.05, 4.69) is 10.3 Å². The molecule has 1 aliphatic rings. The van der Waals surface area contributed by atoms with Gasteiger partial charge in [0.05, 0.1) is 39.5 Å². The zero-order valence-electron chi connectivity index (χ0n) is 25.9. The Bertz CT molecular complexity index is 1880. The fourth-order valence-electron chi connectivity index (χ4n) is 6.03. The van der Waals surface area contributed by atoms with Crippen LogP contribution in [-0.2, 0) is 40.5 Å². The van der Waals surface area contributed by atoms with Crippen LogP contribution in [0.15, 0.2) is 35.2 Å². The van der Waals surface area contributed by atoms with E-state index in [1.165, 1.54) is 21.7 Å².